The molecule has 0 aromatic rings. The highest BCUT2D eigenvalue weighted by Crippen LogP contribution is 2.15. The zero-order valence-corrected chi connectivity index (χ0v) is 7.81. The molecule has 0 unspecified atom stereocenters. The Kier molecular flexibility index (Phi) is 6.44. The summed E-state index contributed by atoms with van der Waals surface area (Å²) in [5, 5.41) is 7.89. The number of carboxylic acid groups (broad SMARTS) is 1. The van der Waals surface area contributed by atoms with Gasteiger partial charge in [-0.15, -0.1) is 0 Å². The number of hydrogen-bond acceptors (Lipinski definition) is 1. The van der Waals surface area contributed by atoms with Crippen LogP contribution in [-0.4, -0.2) is 11.1 Å². The molecule has 1 saturated carbocycles. The molecule has 0 aromatic carbocycles. The van der Waals surface area contributed by atoms with Crippen LogP contribution in [0.1, 0.15) is 45.4 Å². The van der Waals surface area contributed by atoms with E-state index in [1.165, 1.54) is 45.4 Å². The molecule has 0 spiro atoms. The van der Waals surface area contributed by atoms with Crippen LogP contribution in [0.4, 0.5) is 0 Å². The number of carbonyl (C=O) groups is 1. The lowest BCUT2D eigenvalue weighted by atomic mass is 10.0. The lowest BCUT2D eigenvalue weighted by Gasteiger charge is -2.05. The first-order chi connectivity index (χ1) is 5.64. The molecule has 0 aliphatic heterocycles. The molecule has 70 valence electrons. The standard InChI is InChI=1S/C6H12.C4H6O2/c1-2-4-6-5-3-1;1-3(2)4(5)6/h1-6H2;1H2,2H3,(H,5,6). The van der Waals surface area contributed by atoms with Crippen molar-refractivity contribution in [1.82, 2.24) is 0 Å². The van der Waals surface area contributed by atoms with Crippen LogP contribution in [0.15, 0.2) is 12.2 Å². The van der Waals surface area contributed by atoms with Gasteiger partial charge in [-0.1, -0.05) is 45.1 Å². The van der Waals surface area contributed by atoms with E-state index < -0.39 is 5.97 Å². The van der Waals surface area contributed by atoms with E-state index in [1.54, 1.807) is 0 Å². The smallest absolute Gasteiger partial charge is 0.330 e. The lowest BCUT2D eigenvalue weighted by Crippen LogP contribution is -1.92. The maximum atomic E-state index is 9.60. The summed E-state index contributed by atoms with van der Waals surface area (Å²) in [6.07, 6.45) is 9.00. The summed E-state index contributed by atoms with van der Waals surface area (Å²) in [5.74, 6) is -0.935. The van der Waals surface area contributed by atoms with E-state index in [1.807, 2.05) is 0 Å². The molecule has 0 heterocycles. The third-order valence-electron chi connectivity index (χ3n) is 1.87. The van der Waals surface area contributed by atoms with E-state index in [4.69, 9.17) is 5.11 Å². The molecule has 1 aliphatic carbocycles. The van der Waals surface area contributed by atoms with E-state index >= 15 is 0 Å². The van der Waals surface area contributed by atoms with Gasteiger partial charge >= 0.3 is 5.97 Å². The fourth-order valence-corrected chi connectivity index (χ4v) is 1.06. The Morgan fingerprint density at radius 2 is 1.25 bits per heavy atom. The molecular weight excluding hydrogens is 152 g/mol. The molecule has 2 nitrogen and oxygen atoms in total. The van der Waals surface area contributed by atoms with Crippen LogP contribution in [0.3, 0.4) is 0 Å². The van der Waals surface area contributed by atoms with Crippen molar-refractivity contribution in [2.24, 2.45) is 0 Å². The highest BCUT2D eigenvalue weighted by molar-refractivity contribution is 5.84. The van der Waals surface area contributed by atoms with Crippen LogP contribution in [0.2, 0.25) is 0 Å². The quantitative estimate of drug-likeness (QED) is 0.614. The molecule has 1 aliphatic rings. The molecule has 1 fully saturated rings. The van der Waals surface area contributed by atoms with E-state index in [0.717, 1.165) is 0 Å². The Labute approximate surface area is 74.3 Å². The zero-order valence-electron chi connectivity index (χ0n) is 7.81. The first-order valence-corrected chi connectivity index (χ1v) is 4.53. The Morgan fingerprint density at radius 3 is 1.33 bits per heavy atom. The lowest BCUT2D eigenvalue weighted by molar-refractivity contribution is -0.132. The van der Waals surface area contributed by atoms with Gasteiger partial charge < -0.3 is 5.11 Å². The van der Waals surface area contributed by atoms with Gasteiger partial charge in [-0.2, -0.15) is 0 Å². The fraction of sp³-hybridized carbons (Fsp3) is 0.700. The van der Waals surface area contributed by atoms with Crippen LogP contribution in [0, 0.1) is 0 Å². The van der Waals surface area contributed by atoms with E-state index in [-0.39, 0.29) is 5.57 Å². The highest BCUT2D eigenvalue weighted by Gasteiger charge is 1.95. The van der Waals surface area contributed by atoms with Crippen molar-refractivity contribution < 1.29 is 9.90 Å². The molecule has 12 heavy (non-hydrogen) atoms. The number of rotatable bonds is 1. The summed E-state index contributed by atoms with van der Waals surface area (Å²) < 4.78 is 0. The Bertz CT molecular complexity index is 122. The van der Waals surface area contributed by atoms with Crippen molar-refractivity contribution in [2.75, 3.05) is 0 Å². The van der Waals surface area contributed by atoms with Crippen LogP contribution in [-0.2, 0) is 4.79 Å². The van der Waals surface area contributed by atoms with Gasteiger partial charge in [0, 0.05) is 5.57 Å². The zero-order chi connectivity index (χ0) is 9.40. The Balaban J connectivity index is 0.000000202. The topological polar surface area (TPSA) is 37.3 Å². The Hall–Kier alpha value is -0.790. The summed E-state index contributed by atoms with van der Waals surface area (Å²) in [4.78, 5) is 9.60. The molecule has 0 radical (unpaired) electrons. The van der Waals surface area contributed by atoms with Crippen molar-refractivity contribution in [1.29, 1.82) is 0 Å². The summed E-state index contributed by atoms with van der Waals surface area (Å²) >= 11 is 0. The van der Waals surface area contributed by atoms with E-state index in [0.29, 0.717) is 0 Å². The summed E-state index contributed by atoms with van der Waals surface area (Å²) in [7, 11) is 0. The van der Waals surface area contributed by atoms with E-state index in [2.05, 4.69) is 6.58 Å². The van der Waals surface area contributed by atoms with Gasteiger partial charge in [-0.3, -0.25) is 0 Å². The second kappa shape index (κ2) is 6.89. The molecule has 0 bridgehead atoms. The average molecular weight is 170 g/mol. The van der Waals surface area contributed by atoms with Gasteiger partial charge in [0.1, 0.15) is 0 Å². The molecule has 2 heteroatoms. The monoisotopic (exact) mass is 170 g/mol. The highest BCUT2D eigenvalue weighted by atomic mass is 16.4. The van der Waals surface area contributed by atoms with Gasteiger partial charge in [-0.05, 0) is 6.92 Å². The molecular formula is C10H18O2. The fourth-order valence-electron chi connectivity index (χ4n) is 1.06. The normalized spacial score (nSPS) is 15.8. The van der Waals surface area contributed by atoms with E-state index in [9.17, 15) is 4.79 Å². The van der Waals surface area contributed by atoms with Crippen molar-refractivity contribution in [3.05, 3.63) is 12.2 Å². The molecule has 0 saturated heterocycles. The molecule has 0 aromatic heterocycles. The van der Waals surface area contributed by atoms with Gasteiger partial charge in [-0.25, -0.2) is 4.79 Å². The number of aliphatic carboxylic acids is 1. The minimum atomic E-state index is -0.935. The second-order valence-corrected chi connectivity index (χ2v) is 3.21. The van der Waals surface area contributed by atoms with Gasteiger partial charge in [0.15, 0.2) is 0 Å². The number of carboxylic acids is 1. The van der Waals surface area contributed by atoms with Crippen LogP contribution in [0.25, 0.3) is 0 Å². The minimum Gasteiger partial charge on any atom is -0.478 e. The predicted octanol–water partition coefficient (Wildman–Crippen LogP) is 2.99. The molecule has 1 rings (SSSR count). The van der Waals surface area contributed by atoms with Gasteiger partial charge in [0.05, 0.1) is 0 Å². The van der Waals surface area contributed by atoms with Crippen LogP contribution in [0.5, 0.6) is 0 Å². The van der Waals surface area contributed by atoms with Crippen molar-refractivity contribution in [2.45, 2.75) is 45.4 Å². The van der Waals surface area contributed by atoms with Crippen LogP contribution < -0.4 is 0 Å². The first-order valence-electron chi connectivity index (χ1n) is 4.53. The maximum absolute atomic E-state index is 9.60. The third-order valence-corrected chi connectivity index (χ3v) is 1.87. The van der Waals surface area contributed by atoms with Gasteiger partial charge in [0.25, 0.3) is 0 Å². The summed E-state index contributed by atoms with van der Waals surface area (Å²) in [5.41, 5.74) is 0.176. The first kappa shape index (κ1) is 11.2. The summed E-state index contributed by atoms with van der Waals surface area (Å²) in [6.45, 7) is 4.60. The maximum Gasteiger partial charge on any atom is 0.330 e. The van der Waals surface area contributed by atoms with Gasteiger partial charge in [0.2, 0.25) is 0 Å². The summed E-state index contributed by atoms with van der Waals surface area (Å²) in [6, 6.07) is 0. The second-order valence-electron chi connectivity index (χ2n) is 3.21. The predicted molar refractivity (Wildman–Crippen MR) is 50.2 cm³/mol. The van der Waals surface area contributed by atoms with Crippen molar-refractivity contribution in [3.63, 3.8) is 0 Å². The molecule has 0 atom stereocenters. The largest absolute Gasteiger partial charge is 0.478 e. The van der Waals surface area contributed by atoms with Crippen LogP contribution >= 0.6 is 0 Å². The number of hydrogen-bond donors (Lipinski definition) is 1. The average Bonchev–Trinajstić information content (AvgIpc) is 2.08. The van der Waals surface area contributed by atoms with Crippen molar-refractivity contribution in [3.8, 4) is 0 Å². The Morgan fingerprint density at radius 1 is 1.08 bits per heavy atom. The molecule has 1 N–H and O–H groups in total. The molecule has 0 amide bonds. The minimum absolute atomic E-state index is 0.176. The third kappa shape index (κ3) is 7.32. The van der Waals surface area contributed by atoms with Crippen molar-refractivity contribution >= 4 is 5.97 Å². The SMILES string of the molecule is C1CCCCC1.C=C(C)C(=O)O.